The molecule has 0 unspecified atom stereocenters. The first kappa shape index (κ1) is 16.0. The third kappa shape index (κ3) is 5.23. The maximum absolute atomic E-state index is 11.8. The summed E-state index contributed by atoms with van der Waals surface area (Å²) in [5, 5.41) is 0. The standard InChI is InChI=1S/C12H17FO5S/c1-10-3-5-12(6-4-10)19(14,15)18-8-11(16-2)7-17-9-13/h3-6,11H,7-9H2,1-2H3/t11-/m1/s1. The maximum Gasteiger partial charge on any atom is 0.297 e. The van der Waals surface area contributed by atoms with Crippen LogP contribution in [0.4, 0.5) is 4.39 Å². The SMILES string of the molecule is CO[C@H](COCF)COS(=O)(=O)c1ccc(C)cc1. The van der Waals surface area contributed by atoms with E-state index in [1.54, 1.807) is 12.1 Å². The number of hydrogen-bond donors (Lipinski definition) is 0. The zero-order valence-corrected chi connectivity index (χ0v) is 11.7. The molecule has 0 aliphatic carbocycles. The summed E-state index contributed by atoms with van der Waals surface area (Å²) in [6.07, 6.45) is -0.643. The van der Waals surface area contributed by atoms with E-state index in [1.807, 2.05) is 6.92 Å². The number of rotatable bonds is 8. The Morgan fingerprint density at radius 2 is 1.84 bits per heavy atom. The summed E-state index contributed by atoms with van der Waals surface area (Å²) in [7, 11) is -2.47. The van der Waals surface area contributed by atoms with Crippen molar-refractivity contribution >= 4 is 10.1 Å². The van der Waals surface area contributed by atoms with Gasteiger partial charge in [0.25, 0.3) is 10.1 Å². The van der Waals surface area contributed by atoms with E-state index in [-0.39, 0.29) is 18.1 Å². The molecule has 1 aromatic carbocycles. The van der Waals surface area contributed by atoms with Gasteiger partial charge in [-0.1, -0.05) is 17.7 Å². The van der Waals surface area contributed by atoms with Gasteiger partial charge in [0, 0.05) is 7.11 Å². The summed E-state index contributed by atoms with van der Waals surface area (Å²) >= 11 is 0. The highest BCUT2D eigenvalue weighted by molar-refractivity contribution is 7.86. The lowest BCUT2D eigenvalue weighted by molar-refractivity contribution is -0.0372. The van der Waals surface area contributed by atoms with Gasteiger partial charge >= 0.3 is 0 Å². The summed E-state index contributed by atoms with van der Waals surface area (Å²) in [5.74, 6) is 0. The van der Waals surface area contributed by atoms with E-state index in [9.17, 15) is 12.8 Å². The van der Waals surface area contributed by atoms with Crippen molar-refractivity contribution in [1.29, 1.82) is 0 Å². The van der Waals surface area contributed by atoms with E-state index in [1.165, 1.54) is 19.2 Å². The fourth-order valence-electron chi connectivity index (χ4n) is 1.30. The molecule has 0 radical (unpaired) electrons. The average molecular weight is 292 g/mol. The van der Waals surface area contributed by atoms with Gasteiger partial charge in [0.05, 0.1) is 18.1 Å². The minimum atomic E-state index is -3.84. The lowest BCUT2D eigenvalue weighted by atomic mass is 10.2. The lowest BCUT2D eigenvalue weighted by Gasteiger charge is -2.14. The topological polar surface area (TPSA) is 61.8 Å². The highest BCUT2D eigenvalue weighted by atomic mass is 32.2. The van der Waals surface area contributed by atoms with E-state index >= 15 is 0 Å². The molecule has 108 valence electrons. The number of benzene rings is 1. The lowest BCUT2D eigenvalue weighted by Crippen LogP contribution is -2.26. The number of alkyl halides is 1. The minimum Gasteiger partial charge on any atom is -0.377 e. The van der Waals surface area contributed by atoms with Crippen molar-refractivity contribution in [2.45, 2.75) is 17.9 Å². The summed E-state index contributed by atoms with van der Waals surface area (Å²) in [4.78, 5) is 0.0689. The quantitative estimate of drug-likeness (QED) is 0.682. The molecule has 19 heavy (non-hydrogen) atoms. The third-order valence-corrected chi connectivity index (χ3v) is 3.73. The largest absolute Gasteiger partial charge is 0.377 e. The smallest absolute Gasteiger partial charge is 0.297 e. The number of methoxy groups -OCH3 is 1. The molecule has 0 aromatic heterocycles. The van der Waals surface area contributed by atoms with E-state index in [4.69, 9.17) is 8.92 Å². The van der Waals surface area contributed by atoms with Crippen molar-refractivity contribution in [2.75, 3.05) is 27.2 Å². The van der Waals surface area contributed by atoms with E-state index in [2.05, 4.69) is 4.74 Å². The highest BCUT2D eigenvalue weighted by Crippen LogP contribution is 2.13. The fraction of sp³-hybridized carbons (Fsp3) is 0.500. The second kappa shape index (κ2) is 7.54. The van der Waals surface area contributed by atoms with Gasteiger partial charge in [0.15, 0.2) is 6.86 Å². The first-order valence-corrected chi connectivity index (χ1v) is 7.03. The Bertz CT molecular complexity index is 471. The molecule has 0 spiro atoms. The predicted molar refractivity (Wildman–Crippen MR) is 67.0 cm³/mol. The van der Waals surface area contributed by atoms with Gasteiger partial charge in [0.2, 0.25) is 0 Å². The highest BCUT2D eigenvalue weighted by Gasteiger charge is 2.18. The summed E-state index contributed by atoms with van der Waals surface area (Å²) in [6.45, 7) is 0.597. The molecule has 0 saturated heterocycles. The Balaban J connectivity index is 2.61. The first-order chi connectivity index (χ1) is 8.99. The zero-order chi connectivity index (χ0) is 14.3. The Labute approximate surface area is 112 Å². The van der Waals surface area contributed by atoms with Crippen LogP contribution in [0.2, 0.25) is 0 Å². The fourth-order valence-corrected chi connectivity index (χ4v) is 2.24. The van der Waals surface area contributed by atoms with Gasteiger partial charge in [0.1, 0.15) is 6.10 Å². The normalized spacial score (nSPS) is 13.4. The van der Waals surface area contributed by atoms with Crippen LogP contribution in [0.1, 0.15) is 5.56 Å². The van der Waals surface area contributed by atoms with Crippen LogP contribution in [0.25, 0.3) is 0 Å². The molecule has 5 nitrogen and oxygen atoms in total. The maximum atomic E-state index is 11.8. The molecule has 7 heteroatoms. The summed E-state index contributed by atoms with van der Waals surface area (Å²) < 4.78 is 49.8. The Morgan fingerprint density at radius 3 is 2.37 bits per heavy atom. The molecule has 0 saturated carbocycles. The van der Waals surface area contributed by atoms with Gasteiger partial charge in [-0.15, -0.1) is 0 Å². The number of hydrogen-bond acceptors (Lipinski definition) is 5. The molecule has 1 rings (SSSR count). The molecule has 0 bridgehead atoms. The average Bonchev–Trinajstić information content (AvgIpc) is 2.39. The van der Waals surface area contributed by atoms with Gasteiger partial charge in [-0.2, -0.15) is 8.42 Å². The molecular weight excluding hydrogens is 275 g/mol. The van der Waals surface area contributed by atoms with Crippen LogP contribution in [-0.2, 0) is 23.8 Å². The van der Waals surface area contributed by atoms with Crippen molar-refractivity contribution in [3.8, 4) is 0 Å². The molecule has 0 aliphatic heterocycles. The van der Waals surface area contributed by atoms with Crippen molar-refractivity contribution in [2.24, 2.45) is 0 Å². The van der Waals surface area contributed by atoms with Crippen molar-refractivity contribution < 1.29 is 26.5 Å². The van der Waals surface area contributed by atoms with Crippen LogP contribution in [0.5, 0.6) is 0 Å². The van der Waals surface area contributed by atoms with Gasteiger partial charge in [-0.05, 0) is 19.1 Å². The number of ether oxygens (including phenoxy) is 2. The van der Waals surface area contributed by atoms with E-state index in [0.717, 1.165) is 5.56 Å². The van der Waals surface area contributed by atoms with Crippen LogP contribution in [0.15, 0.2) is 29.2 Å². The Morgan fingerprint density at radius 1 is 1.21 bits per heavy atom. The van der Waals surface area contributed by atoms with Crippen LogP contribution in [-0.4, -0.2) is 41.7 Å². The molecular formula is C12H17FO5S. The summed E-state index contributed by atoms with van der Waals surface area (Å²) in [5.41, 5.74) is 0.949. The Kier molecular flexibility index (Phi) is 6.36. The number of aryl methyl sites for hydroxylation is 1. The molecule has 0 N–H and O–H groups in total. The monoisotopic (exact) mass is 292 g/mol. The minimum absolute atomic E-state index is 0.0689. The van der Waals surface area contributed by atoms with Gasteiger partial charge in [-0.3, -0.25) is 4.18 Å². The van der Waals surface area contributed by atoms with Gasteiger partial charge < -0.3 is 9.47 Å². The van der Waals surface area contributed by atoms with E-state index in [0.29, 0.717) is 0 Å². The van der Waals surface area contributed by atoms with Crippen LogP contribution in [0, 0.1) is 6.92 Å². The molecule has 1 aromatic rings. The first-order valence-electron chi connectivity index (χ1n) is 5.62. The van der Waals surface area contributed by atoms with Gasteiger partial charge in [-0.25, -0.2) is 4.39 Å². The molecule has 0 heterocycles. The molecule has 0 aliphatic rings. The molecule has 1 atom stereocenters. The zero-order valence-electron chi connectivity index (χ0n) is 10.8. The predicted octanol–water partition coefficient (Wildman–Crippen LogP) is 1.66. The second-order valence-corrected chi connectivity index (χ2v) is 5.50. The second-order valence-electron chi connectivity index (χ2n) is 3.89. The van der Waals surface area contributed by atoms with Crippen LogP contribution in [0.3, 0.4) is 0 Å². The van der Waals surface area contributed by atoms with Crippen molar-refractivity contribution in [3.63, 3.8) is 0 Å². The van der Waals surface area contributed by atoms with E-state index < -0.39 is 23.1 Å². The Hall–Kier alpha value is -1.02. The third-order valence-electron chi connectivity index (χ3n) is 2.43. The summed E-state index contributed by atoms with van der Waals surface area (Å²) in [6, 6.07) is 6.28. The van der Waals surface area contributed by atoms with Crippen molar-refractivity contribution in [1.82, 2.24) is 0 Å². The number of halogens is 1. The van der Waals surface area contributed by atoms with Crippen LogP contribution >= 0.6 is 0 Å². The molecule has 0 amide bonds. The molecule has 0 fully saturated rings. The van der Waals surface area contributed by atoms with Crippen molar-refractivity contribution in [3.05, 3.63) is 29.8 Å². The van der Waals surface area contributed by atoms with Crippen LogP contribution < -0.4 is 0 Å².